The molecular formula is C10H9NO3. The maximum atomic E-state index is 10.7. The minimum atomic E-state index is -0.631. The van der Waals surface area contributed by atoms with Gasteiger partial charge < -0.3 is 9.52 Å². The van der Waals surface area contributed by atoms with Crippen LogP contribution in [0.2, 0.25) is 0 Å². The molecule has 4 heteroatoms. The van der Waals surface area contributed by atoms with E-state index in [9.17, 15) is 9.90 Å². The third-order valence-electron chi connectivity index (χ3n) is 1.92. The predicted octanol–water partition coefficient (Wildman–Crippen LogP) is 1.26. The van der Waals surface area contributed by atoms with Crippen LogP contribution in [0.5, 0.6) is 5.95 Å². The molecule has 0 aliphatic heterocycles. The Kier molecular flexibility index (Phi) is 2.10. The maximum Gasteiger partial charge on any atom is 0.419 e. The first-order valence-electron chi connectivity index (χ1n) is 4.20. The van der Waals surface area contributed by atoms with Gasteiger partial charge in [0.1, 0.15) is 5.69 Å². The minimum Gasteiger partial charge on any atom is -0.479 e. The van der Waals surface area contributed by atoms with E-state index < -0.39 is 5.76 Å². The van der Waals surface area contributed by atoms with E-state index in [1.165, 1.54) is 0 Å². The van der Waals surface area contributed by atoms with Crippen molar-refractivity contribution >= 4 is 0 Å². The van der Waals surface area contributed by atoms with E-state index in [0.717, 1.165) is 5.56 Å². The van der Waals surface area contributed by atoms with Crippen molar-refractivity contribution < 1.29 is 9.52 Å². The number of aromatic hydroxyl groups is 1. The lowest BCUT2D eigenvalue weighted by molar-refractivity contribution is 0.316. The summed E-state index contributed by atoms with van der Waals surface area (Å²) in [6.07, 6.45) is 0.457. The van der Waals surface area contributed by atoms with Gasteiger partial charge in [-0.05, 0) is 5.56 Å². The van der Waals surface area contributed by atoms with Crippen LogP contribution >= 0.6 is 0 Å². The molecule has 2 rings (SSSR count). The van der Waals surface area contributed by atoms with Gasteiger partial charge in [0.2, 0.25) is 0 Å². The number of nitrogens with one attached hydrogen (secondary N) is 1. The second-order valence-electron chi connectivity index (χ2n) is 2.96. The first-order chi connectivity index (χ1) is 6.75. The van der Waals surface area contributed by atoms with Crippen molar-refractivity contribution in [1.29, 1.82) is 0 Å². The van der Waals surface area contributed by atoms with Gasteiger partial charge in [-0.3, -0.25) is 4.98 Å². The van der Waals surface area contributed by atoms with Crippen molar-refractivity contribution in [3.8, 4) is 5.95 Å². The van der Waals surface area contributed by atoms with Gasteiger partial charge in [0.25, 0.3) is 0 Å². The zero-order valence-electron chi connectivity index (χ0n) is 7.36. The molecule has 14 heavy (non-hydrogen) atoms. The highest BCUT2D eigenvalue weighted by molar-refractivity contribution is 5.24. The lowest BCUT2D eigenvalue weighted by atomic mass is 10.1. The standard InChI is InChI=1S/C10H9NO3/c12-9-8(11-10(13)14-9)6-7-4-2-1-3-5-7/h1-5,12H,6H2,(H,11,13). The van der Waals surface area contributed by atoms with Crippen LogP contribution in [0.4, 0.5) is 0 Å². The van der Waals surface area contributed by atoms with Crippen molar-refractivity contribution in [3.63, 3.8) is 0 Å². The lowest BCUT2D eigenvalue weighted by Crippen LogP contribution is -1.97. The second-order valence-corrected chi connectivity index (χ2v) is 2.96. The fourth-order valence-electron chi connectivity index (χ4n) is 1.27. The summed E-state index contributed by atoms with van der Waals surface area (Å²) in [4.78, 5) is 13.1. The van der Waals surface area contributed by atoms with Crippen molar-refractivity contribution in [2.45, 2.75) is 6.42 Å². The molecule has 0 amide bonds. The molecule has 72 valence electrons. The van der Waals surface area contributed by atoms with Gasteiger partial charge in [-0.15, -0.1) is 0 Å². The SMILES string of the molecule is O=c1[nH]c(Cc2ccccc2)c(O)o1. The van der Waals surface area contributed by atoms with E-state index in [2.05, 4.69) is 9.40 Å². The third kappa shape index (κ3) is 1.69. The molecule has 0 saturated carbocycles. The first-order valence-corrected chi connectivity index (χ1v) is 4.20. The molecule has 0 spiro atoms. The fourth-order valence-corrected chi connectivity index (χ4v) is 1.27. The maximum absolute atomic E-state index is 10.7. The molecule has 0 bridgehead atoms. The third-order valence-corrected chi connectivity index (χ3v) is 1.92. The molecule has 0 fully saturated rings. The monoisotopic (exact) mass is 191 g/mol. The molecule has 0 atom stereocenters. The summed E-state index contributed by atoms with van der Waals surface area (Å²) in [6, 6.07) is 9.51. The second kappa shape index (κ2) is 3.41. The van der Waals surface area contributed by atoms with E-state index in [1.807, 2.05) is 30.3 Å². The van der Waals surface area contributed by atoms with Crippen LogP contribution in [0.15, 0.2) is 39.5 Å². The Morgan fingerprint density at radius 3 is 2.57 bits per heavy atom. The van der Waals surface area contributed by atoms with E-state index >= 15 is 0 Å². The van der Waals surface area contributed by atoms with Crippen LogP contribution in [0.3, 0.4) is 0 Å². The molecule has 0 unspecified atom stereocenters. The summed E-state index contributed by atoms with van der Waals surface area (Å²) in [5, 5.41) is 9.19. The Morgan fingerprint density at radius 1 is 1.29 bits per heavy atom. The largest absolute Gasteiger partial charge is 0.479 e. The van der Waals surface area contributed by atoms with Crippen LogP contribution in [-0.4, -0.2) is 10.1 Å². The number of aromatic amines is 1. The van der Waals surface area contributed by atoms with Gasteiger partial charge in [-0.2, -0.15) is 0 Å². The zero-order chi connectivity index (χ0) is 9.97. The number of H-pyrrole nitrogens is 1. The predicted molar refractivity (Wildman–Crippen MR) is 50.2 cm³/mol. The summed E-state index contributed by atoms with van der Waals surface area (Å²) < 4.78 is 4.43. The van der Waals surface area contributed by atoms with Crippen molar-refractivity contribution in [3.05, 3.63) is 52.1 Å². The lowest BCUT2D eigenvalue weighted by Gasteiger charge is -1.96. The van der Waals surface area contributed by atoms with Crippen molar-refractivity contribution in [1.82, 2.24) is 4.98 Å². The highest BCUT2D eigenvalue weighted by Crippen LogP contribution is 2.15. The summed E-state index contributed by atoms with van der Waals surface area (Å²) >= 11 is 0. The Balaban J connectivity index is 2.27. The number of hydrogen-bond donors (Lipinski definition) is 2. The van der Waals surface area contributed by atoms with Crippen LogP contribution in [0.25, 0.3) is 0 Å². The number of hydrogen-bond acceptors (Lipinski definition) is 3. The van der Waals surface area contributed by atoms with Gasteiger partial charge >= 0.3 is 11.7 Å². The van der Waals surface area contributed by atoms with Crippen molar-refractivity contribution in [2.24, 2.45) is 0 Å². The molecule has 0 radical (unpaired) electrons. The number of rotatable bonds is 2. The van der Waals surface area contributed by atoms with E-state index in [4.69, 9.17) is 0 Å². The van der Waals surface area contributed by atoms with E-state index in [0.29, 0.717) is 12.1 Å². The molecule has 2 N–H and O–H groups in total. The smallest absolute Gasteiger partial charge is 0.419 e. The number of benzene rings is 1. The summed E-state index contributed by atoms with van der Waals surface area (Å²) in [5.41, 5.74) is 1.40. The molecule has 0 aliphatic carbocycles. The molecule has 2 aromatic rings. The Bertz CT molecular complexity index is 470. The van der Waals surface area contributed by atoms with Gasteiger partial charge in [0, 0.05) is 6.42 Å². The van der Waals surface area contributed by atoms with Crippen molar-refractivity contribution in [2.75, 3.05) is 0 Å². The quantitative estimate of drug-likeness (QED) is 0.751. The van der Waals surface area contributed by atoms with Crippen LogP contribution in [0.1, 0.15) is 11.3 Å². The van der Waals surface area contributed by atoms with Crippen LogP contribution in [-0.2, 0) is 6.42 Å². The van der Waals surface area contributed by atoms with E-state index in [-0.39, 0.29) is 5.95 Å². The number of aromatic nitrogens is 1. The summed E-state index contributed by atoms with van der Waals surface area (Å²) in [6.45, 7) is 0. The molecule has 1 aromatic carbocycles. The topological polar surface area (TPSA) is 66.2 Å². The minimum absolute atomic E-state index is 0.334. The van der Waals surface area contributed by atoms with Gasteiger partial charge in [0.15, 0.2) is 0 Å². The molecule has 4 nitrogen and oxygen atoms in total. The van der Waals surface area contributed by atoms with Gasteiger partial charge in [-0.25, -0.2) is 4.79 Å². The highest BCUT2D eigenvalue weighted by Gasteiger charge is 2.07. The van der Waals surface area contributed by atoms with Gasteiger partial charge in [-0.1, -0.05) is 30.3 Å². The summed E-state index contributed by atoms with van der Waals surface area (Å²) in [5.74, 6) is -0.965. The number of oxazole rings is 1. The zero-order valence-corrected chi connectivity index (χ0v) is 7.36. The fraction of sp³-hybridized carbons (Fsp3) is 0.100. The highest BCUT2D eigenvalue weighted by atomic mass is 16.5. The van der Waals surface area contributed by atoms with Crippen LogP contribution < -0.4 is 5.76 Å². The molecule has 0 saturated heterocycles. The molecule has 0 aliphatic rings. The average molecular weight is 191 g/mol. The Morgan fingerprint density at radius 2 is 2.00 bits per heavy atom. The van der Waals surface area contributed by atoms with E-state index in [1.54, 1.807) is 0 Å². The summed E-state index contributed by atoms with van der Waals surface area (Å²) in [7, 11) is 0. The average Bonchev–Trinajstić information content (AvgIpc) is 2.47. The Labute approximate surface area is 79.8 Å². The molecular weight excluding hydrogens is 182 g/mol. The Hall–Kier alpha value is -1.97. The first kappa shape index (κ1) is 8.62. The van der Waals surface area contributed by atoms with Gasteiger partial charge in [0.05, 0.1) is 0 Å². The normalized spacial score (nSPS) is 10.3. The van der Waals surface area contributed by atoms with Crippen LogP contribution in [0, 0.1) is 0 Å². The molecule has 1 heterocycles. The molecule has 1 aromatic heterocycles.